The number of nitrogens with zero attached hydrogens (tertiary/aromatic N) is 1. The third-order valence-corrected chi connectivity index (χ3v) is 2.84. The highest BCUT2D eigenvalue weighted by Crippen LogP contribution is 2.20. The Morgan fingerprint density at radius 1 is 1.56 bits per heavy atom. The number of benzene rings is 1. The van der Waals surface area contributed by atoms with E-state index in [1.165, 1.54) is 18.2 Å². The number of nitrogens with two attached hydrogens (primary N) is 1. The highest BCUT2D eigenvalue weighted by molar-refractivity contribution is 5.81. The van der Waals surface area contributed by atoms with Crippen LogP contribution in [0.5, 0.6) is 0 Å². The van der Waals surface area contributed by atoms with Crippen molar-refractivity contribution in [1.82, 2.24) is 4.90 Å². The quantitative estimate of drug-likeness (QED) is 0.797. The number of primary amides is 1. The van der Waals surface area contributed by atoms with E-state index in [4.69, 9.17) is 5.73 Å². The summed E-state index contributed by atoms with van der Waals surface area (Å²) < 4.78 is 13.2. The molecule has 18 heavy (non-hydrogen) atoms. The van der Waals surface area contributed by atoms with Gasteiger partial charge in [0.1, 0.15) is 11.9 Å². The molecule has 0 aliphatic carbocycles. The summed E-state index contributed by atoms with van der Waals surface area (Å²) >= 11 is 0. The average molecular weight is 254 g/mol. The molecular weight excluding hydrogens is 235 g/mol. The number of hydrogen-bond acceptors (Lipinski definition) is 3. The van der Waals surface area contributed by atoms with Crippen LogP contribution in [0.1, 0.15) is 24.9 Å². The number of carbonyl (C=O) groups excluding carboxylic acids is 1. The molecule has 0 fully saturated rings. The molecule has 1 aromatic carbocycles. The number of aliphatic hydroxyl groups excluding tert-OH is 1. The number of hydrogen-bond donors (Lipinski definition) is 2. The predicted octanol–water partition coefficient (Wildman–Crippen LogP) is 1.05. The summed E-state index contributed by atoms with van der Waals surface area (Å²) in [5.74, 6) is -0.977. The minimum atomic E-state index is -0.734. The zero-order valence-corrected chi connectivity index (χ0v) is 10.6. The molecular formula is C13H19FN2O2. The van der Waals surface area contributed by atoms with E-state index in [1.54, 1.807) is 18.0 Å². The summed E-state index contributed by atoms with van der Waals surface area (Å²) in [6.07, 6.45) is 0.0457. The maximum absolute atomic E-state index is 13.2. The van der Waals surface area contributed by atoms with E-state index in [0.29, 0.717) is 18.5 Å². The average Bonchev–Trinajstić information content (AvgIpc) is 2.28. The molecule has 0 bridgehead atoms. The number of halogens is 1. The van der Waals surface area contributed by atoms with Gasteiger partial charge < -0.3 is 10.8 Å². The van der Waals surface area contributed by atoms with Gasteiger partial charge in [-0.25, -0.2) is 4.39 Å². The highest BCUT2D eigenvalue weighted by Gasteiger charge is 2.24. The first-order chi connectivity index (χ1) is 8.45. The van der Waals surface area contributed by atoms with Gasteiger partial charge in [0.25, 0.3) is 0 Å². The van der Waals surface area contributed by atoms with Crippen molar-refractivity contribution in [2.24, 2.45) is 5.73 Å². The molecule has 1 rings (SSSR count). The number of likely N-dealkylation sites (N-methyl/N-ethyl adjacent to an activating group) is 1. The molecule has 0 saturated heterocycles. The second-order valence-electron chi connectivity index (χ2n) is 4.36. The van der Waals surface area contributed by atoms with E-state index in [9.17, 15) is 14.3 Å². The fourth-order valence-corrected chi connectivity index (χ4v) is 1.88. The second-order valence-corrected chi connectivity index (χ2v) is 4.36. The van der Waals surface area contributed by atoms with Gasteiger partial charge >= 0.3 is 0 Å². The van der Waals surface area contributed by atoms with Crippen molar-refractivity contribution in [3.8, 4) is 0 Å². The Kier molecular flexibility index (Phi) is 5.25. The Balaban J connectivity index is 2.92. The zero-order valence-electron chi connectivity index (χ0n) is 10.6. The van der Waals surface area contributed by atoms with Gasteiger partial charge in [0, 0.05) is 6.54 Å². The van der Waals surface area contributed by atoms with Crippen LogP contribution in [0.3, 0.4) is 0 Å². The molecule has 2 atom stereocenters. The SMILES string of the molecule is CC[C@@H](O)CN(C)C(C(N)=O)c1cccc(F)c1. The second kappa shape index (κ2) is 6.47. The first-order valence-corrected chi connectivity index (χ1v) is 5.88. The topological polar surface area (TPSA) is 66.6 Å². The number of carbonyl (C=O) groups is 1. The lowest BCUT2D eigenvalue weighted by Crippen LogP contribution is -2.39. The van der Waals surface area contributed by atoms with Crippen LogP contribution < -0.4 is 5.73 Å². The molecule has 3 N–H and O–H groups in total. The zero-order chi connectivity index (χ0) is 13.7. The maximum Gasteiger partial charge on any atom is 0.239 e. The van der Waals surface area contributed by atoms with Crippen LogP contribution in [0.4, 0.5) is 4.39 Å². The Morgan fingerprint density at radius 2 is 2.22 bits per heavy atom. The minimum absolute atomic E-state index is 0.306. The normalized spacial score (nSPS) is 14.5. The van der Waals surface area contributed by atoms with Crippen LogP contribution in [0.2, 0.25) is 0 Å². The van der Waals surface area contributed by atoms with Gasteiger partial charge in [-0.3, -0.25) is 9.69 Å². The fraction of sp³-hybridized carbons (Fsp3) is 0.462. The molecule has 4 nitrogen and oxygen atoms in total. The summed E-state index contributed by atoms with van der Waals surface area (Å²) in [5.41, 5.74) is 5.85. The van der Waals surface area contributed by atoms with E-state index in [2.05, 4.69) is 0 Å². The van der Waals surface area contributed by atoms with Crippen LogP contribution >= 0.6 is 0 Å². The van der Waals surface area contributed by atoms with Gasteiger partial charge in [0.15, 0.2) is 0 Å². The molecule has 0 saturated carbocycles. The van der Waals surface area contributed by atoms with E-state index in [-0.39, 0.29) is 0 Å². The summed E-state index contributed by atoms with van der Waals surface area (Å²) in [6, 6.07) is 5.03. The molecule has 0 heterocycles. The molecule has 0 aliphatic heterocycles. The van der Waals surface area contributed by atoms with Gasteiger partial charge in [-0.05, 0) is 31.2 Å². The van der Waals surface area contributed by atoms with E-state index >= 15 is 0 Å². The van der Waals surface area contributed by atoms with Crippen molar-refractivity contribution >= 4 is 5.91 Å². The van der Waals surface area contributed by atoms with E-state index in [1.807, 2.05) is 6.92 Å². The van der Waals surface area contributed by atoms with Gasteiger partial charge in [-0.2, -0.15) is 0 Å². The molecule has 0 radical (unpaired) electrons. The fourth-order valence-electron chi connectivity index (χ4n) is 1.88. The van der Waals surface area contributed by atoms with Crippen molar-refractivity contribution < 1.29 is 14.3 Å². The minimum Gasteiger partial charge on any atom is -0.392 e. The van der Waals surface area contributed by atoms with Gasteiger partial charge in [-0.15, -0.1) is 0 Å². The third kappa shape index (κ3) is 3.78. The molecule has 0 aromatic heterocycles. The third-order valence-electron chi connectivity index (χ3n) is 2.84. The van der Waals surface area contributed by atoms with Crippen molar-refractivity contribution in [1.29, 1.82) is 0 Å². The summed E-state index contributed by atoms with van der Waals surface area (Å²) in [7, 11) is 1.68. The predicted molar refractivity (Wildman–Crippen MR) is 67.3 cm³/mol. The van der Waals surface area contributed by atoms with Gasteiger partial charge in [-0.1, -0.05) is 19.1 Å². The summed E-state index contributed by atoms with van der Waals surface area (Å²) in [4.78, 5) is 13.1. The molecule has 100 valence electrons. The number of rotatable bonds is 6. The lowest BCUT2D eigenvalue weighted by Gasteiger charge is -2.27. The Labute approximate surface area is 106 Å². The largest absolute Gasteiger partial charge is 0.392 e. The van der Waals surface area contributed by atoms with E-state index < -0.39 is 23.9 Å². The number of aliphatic hydroxyl groups is 1. The maximum atomic E-state index is 13.2. The van der Waals surface area contributed by atoms with Crippen molar-refractivity contribution in [3.63, 3.8) is 0 Å². The molecule has 1 unspecified atom stereocenters. The molecule has 1 amide bonds. The van der Waals surface area contributed by atoms with Gasteiger partial charge in [0.05, 0.1) is 6.10 Å². The van der Waals surface area contributed by atoms with Crippen molar-refractivity contribution in [3.05, 3.63) is 35.6 Å². The van der Waals surface area contributed by atoms with Crippen molar-refractivity contribution in [2.45, 2.75) is 25.5 Å². The Bertz CT molecular complexity index is 412. The number of amides is 1. The van der Waals surface area contributed by atoms with Crippen molar-refractivity contribution in [2.75, 3.05) is 13.6 Å². The van der Waals surface area contributed by atoms with Crippen LogP contribution in [0, 0.1) is 5.82 Å². The molecule has 5 heteroatoms. The molecule has 1 aromatic rings. The Hall–Kier alpha value is -1.46. The smallest absolute Gasteiger partial charge is 0.239 e. The first kappa shape index (κ1) is 14.6. The van der Waals surface area contributed by atoms with Gasteiger partial charge in [0.2, 0.25) is 5.91 Å². The standard InChI is InChI=1S/C13H19FN2O2/c1-3-11(17)8-16(2)12(13(15)18)9-5-4-6-10(14)7-9/h4-7,11-12,17H,3,8H2,1-2H3,(H2,15,18)/t11-,12?/m1/s1. The monoisotopic (exact) mass is 254 g/mol. The Morgan fingerprint density at radius 3 is 2.72 bits per heavy atom. The lowest BCUT2D eigenvalue weighted by atomic mass is 10.0. The first-order valence-electron chi connectivity index (χ1n) is 5.88. The van der Waals surface area contributed by atoms with Crippen LogP contribution in [-0.2, 0) is 4.79 Å². The lowest BCUT2D eigenvalue weighted by molar-refractivity contribution is -0.123. The summed E-state index contributed by atoms with van der Waals surface area (Å²) in [6.45, 7) is 2.15. The van der Waals surface area contributed by atoms with Crippen LogP contribution in [0.25, 0.3) is 0 Å². The highest BCUT2D eigenvalue weighted by atomic mass is 19.1. The molecule has 0 aliphatic rings. The van der Waals surface area contributed by atoms with Crippen LogP contribution in [-0.4, -0.2) is 35.6 Å². The van der Waals surface area contributed by atoms with Crippen LogP contribution in [0.15, 0.2) is 24.3 Å². The summed E-state index contributed by atoms with van der Waals surface area (Å²) in [5, 5.41) is 9.59. The molecule has 0 spiro atoms. The van der Waals surface area contributed by atoms with E-state index in [0.717, 1.165) is 0 Å².